The molecule has 0 saturated heterocycles. The molecule has 0 heterocycles. The predicted octanol–water partition coefficient (Wildman–Crippen LogP) is 4.74. The van der Waals surface area contributed by atoms with Gasteiger partial charge in [-0.25, -0.2) is 4.79 Å². The van der Waals surface area contributed by atoms with Crippen molar-refractivity contribution in [1.29, 1.82) is 0 Å². The molecule has 0 amide bonds. The second kappa shape index (κ2) is 10.2. The van der Waals surface area contributed by atoms with Gasteiger partial charge in [-0.3, -0.25) is 0 Å². The van der Waals surface area contributed by atoms with E-state index in [-0.39, 0.29) is 5.97 Å². The lowest BCUT2D eigenvalue weighted by molar-refractivity contribution is -0.139. The minimum absolute atomic E-state index is 0.129. The third-order valence-electron chi connectivity index (χ3n) is 3.71. The molecule has 2 atom stereocenters. The fourth-order valence-corrected chi connectivity index (χ4v) is 1.87. The molecule has 0 spiro atoms. The Labute approximate surface area is 113 Å². The van der Waals surface area contributed by atoms with E-state index >= 15 is 0 Å². The number of carbonyl (C=O) groups is 1. The fourth-order valence-electron chi connectivity index (χ4n) is 1.87. The van der Waals surface area contributed by atoms with Crippen LogP contribution in [0, 0.1) is 11.8 Å². The molecular formula is C16H30O2. The van der Waals surface area contributed by atoms with Crippen LogP contribution >= 0.6 is 0 Å². The van der Waals surface area contributed by atoms with Gasteiger partial charge >= 0.3 is 5.97 Å². The standard InChI is InChI=1S/C16H30O2/c1-6-12-18-16(17)15(8-3)11-9-10-14(5)13(4)7-2/h11,13-14H,6-10,12H2,1-5H3. The van der Waals surface area contributed by atoms with Crippen LogP contribution in [0.5, 0.6) is 0 Å². The van der Waals surface area contributed by atoms with Gasteiger partial charge in [0.2, 0.25) is 0 Å². The maximum Gasteiger partial charge on any atom is 0.333 e. The largest absolute Gasteiger partial charge is 0.462 e. The average Bonchev–Trinajstić information content (AvgIpc) is 2.39. The van der Waals surface area contributed by atoms with Crippen LogP contribution in [0.1, 0.15) is 66.7 Å². The Morgan fingerprint density at radius 1 is 1.17 bits per heavy atom. The molecule has 0 fully saturated rings. The maximum absolute atomic E-state index is 11.7. The molecule has 2 unspecified atom stereocenters. The highest BCUT2D eigenvalue weighted by Crippen LogP contribution is 2.20. The van der Waals surface area contributed by atoms with E-state index in [0.717, 1.165) is 43.1 Å². The molecule has 0 aromatic heterocycles. The number of hydrogen-bond acceptors (Lipinski definition) is 2. The van der Waals surface area contributed by atoms with Crippen LogP contribution in [-0.4, -0.2) is 12.6 Å². The van der Waals surface area contributed by atoms with Crippen molar-refractivity contribution in [2.24, 2.45) is 11.8 Å². The van der Waals surface area contributed by atoms with Crippen molar-refractivity contribution in [1.82, 2.24) is 0 Å². The van der Waals surface area contributed by atoms with Gasteiger partial charge in [0.25, 0.3) is 0 Å². The summed E-state index contributed by atoms with van der Waals surface area (Å²) in [5, 5.41) is 0. The normalized spacial score (nSPS) is 15.3. The van der Waals surface area contributed by atoms with Crippen molar-refractivity contribution in [2.45, 2.75) is 66.7 Å². The minimum Gasteiger partial charge on any atom is -0.462 e. The van der Waals surface area contributed by atoms with E-state index in [2.05, 4.69) is 26.8 Å². The SMILES string of the molecule is CCCOC(=O)C(=CCCC(C)C(C)CC)CC. The van der Waals surface area contributed by atoms with Crippen molar-refractivity contribution < 1.29 is 9.53 Å². The van der Waals surface area contributed by atoms with Gasteiger partial charge in [-0.1, -0.05) is 47.1 Å². The second-order valence-electron chi connectivity index (χ2n) is 5.16. The Morgan fingerprint density at radius 3 is 2.33 bits per heavy atom. The molecule has 0 aliphatic carbocycles. The van der Waals surface area contributed by atoms with Crippen LogP contribution in [0.4, 0.5) is 0 Å². The molecule has 0 aromatic rings. The van der Waals surface area contributed by atoms with E-state index in [4.69, 9.17) is 4.74 Å². The molecule has 0 radical (unpaired) electrons. The number of hydrogen-bond donors (Lipinski definition) is 0. The quantitative estimate of drug-likeness (QED) is 0.439. The van der Waals surface area contributed by atoms with Gasteiger partial charge in [0.1, 0.15) is 0 Å². The summed E-state index contributed by atoms with van der Waals surface area (Å²) in [5.41, 5.74) is 0.833. The molecule has 0 bridgehead atoms. The Hall–Kier alpha value is -0.790. The summed E-state index contributed by atoms with van der Waals surface area (Å²) in [7, 11) is 0. The van der Waals surface area contributed by atoms with Gasteiger partial charge in [0, 0.05) is 5.57 Å². The summed E-state index contributed by atoms with van der Waals surface area (Å²) in [6, 6.07) is 0. The number of ether oxygens (including phenoxy) is 1. The third kappa shape index (κ3) is 6.83. The van der Waals surface area contributed by atoms with Crippen LogP contribution < -0.4 is 0 Å². The monoisotopic (exact) mass is 254 g/mol. The first kappa shape index (κ1) is 17.2. The smallest absolute Gasteiger partial charge is 0.333 e. The molecule has 0 aliphatic rings. The van der Waals surface area contributed by atoms with Crippen LogP contribution in [-0.2, 0) is 9.53 Å². The molecular weight excluding hydrogens is 224 g/mol. The summed E-state index contributed by atoms with van der Waals surface area (Å²) in [6.45, 7) is 11.4. The third-order valence-corrected chi connectivity index (χ3v) is 3.71. The molecule has 0 aromatic carbocycles. The van der Waals surface area contributed by atoms with Gasteiger partial charge in [-0.2, -0.15) is 0 Å². The molecule has 0 N–H and O–H groups in total. The van der Waals surface area contributed by atoms with Crippen molar-refractivity contribution in [3.05, 3.63) is 11.6 Å². The van der Waals surface area contributed by atoms with Crippen LogP contribution in [0.25, 0.3) is 0 Å². The van der Waals surface area contributed by atoms with Gasteiger partial charge < -0.3 is 4.74 Å². The fraction of sp³-hybridized carbons (Fsp3) is 0.812. The molecule has 2 nitrogen and oxygen atoms in total. The highest BCUT2D eigenvalue weighted by atomic mass is 16.5. The first-order valence-electron chi connectivity index (χ1n) is 7.42. The Balaban J connectivity index is 4.15. The molecule has 0 saturated carbocycles. The number of esters is 1. The van der Waals surface area contributed by atoms with Crippen LogP contribution in [0.3, 0.4) is 0 Å². The van der Waals surface area contributed by atoms with Gasteiger partial charge in [0.15, 0.2) is 0 Å². The highest BCUT2D eigenvalue weighted by molar-refractivity contribution is 5.88. The summed E-state index contributed by atoms with van der Waals surface area (Å²) in [4.78, 5) is 11.7. The zero-order valence-corrected chi connectivity index (χ0v) is 12.8. The Morgan fingerprint density at radius 2 is 1.83 bits per heavy atom. The second-order valence-corrected chi connectivity index (χ2v) is 5.16. The van der Waals surface area contributed by atoms with Crippen LogP contribution in [0.2, 0.25) is 0 Å². The topological polar surface area (TPSA) is 26.3 Å². The lowest BCUT2D eigenvalue weighted by Crippen LogP contribution is -2.09. The number of allylic oxidation sites excluding steroid dienone is 1. The maximum atomic E-state index is 11.7. The number of rotatable bonds is 9. The molecule has 0 aliphatic heterocycles. The van der Waals surface area contributed by atoms with E-state index in [1.165, 1.54) is 6.42 Å². The molecule has 106 valence electrons. The summed E-state index contributed by atoms with van der Waals surface area (Å²) >= 11 is 0. The van der Waals surface area contributed by atoms with E-state index < -0.39 is 0 Å². The Bertz CT molecular complexity index is 256. The average molecular weight is 254 g/mol. The predicted molar refractivity (Wildman–Crippen MR) is 77.5 cm³/mol. The van der Waals surface area contributed by atoms with E-state index in [1.54, 1.807) is 0 Å². The van der Waals surface area contributed by atoms with Crippen molar-refractivity contribution in [3.63, 3.8) is 0 Å². The summed E-state index contributed by atoms with van der Waals surface area (Å²) in [6.07, 6.45) is 7.07. The highest BCUT2D eigenvalue weighted by Gasteiger charge is 2.11. The number of carbonyl (C=O) groups excluding carboxylic acids is 1. The van der Waals surface area contributed by atoms with Gasteiger partial charge in [-0.15, -0.1) is 0 Å². The van der Waals surface area contributed by atoms with Crippen LogP contribution in [0.15, 0.2) is 11.6 Å². The minimum atomic E-state index is -0.129. The van der Waals surface area contributed by atoms with Crippen molar-refractivity contribution in [2.75, 3.05) is 6.61 Å². The van der Waals surface area contributed by atoms with Crippen molar-refractivity contribution >= 4 is 5.97 Å². The lowest BCUT2D eigenvalue weighted by Gasteiger charge is -2.17. The van der Waals surface area contributed by atoms with Crippen molar-refractivity contribution in [3.8, 4) is 0 Å². The van der Waals surface area contributed by atoms with Gasteiger partial charge in [0.05, 0.1) is 6.61 Å². The first-order valence-corrected chi connectivity index (χ1v) is 7.42. The molecule has 18 heavy (non-hydrogen) atoms. The van der Waals surface area contributed by atoms with E-state index in [0.29, 0.717) is 6.61 Å². The zero-order valence-electron chi connectivity index (χ0n) is 12.8. The first-order chi connectivity index (χ1) is 8.56. The van der Waals surface area contributed by atoms with Gasteiger partial charge in [-0.05, 0) is 37.5 Å². The zero-order chi connectivity index (χ0) is 14.0. The summed E-state index contributed by atoms with van der Waals surface area (Å²) < 4.78 is 5.16. The van der Waals surface area contributed by atoms with E-state index in [1.807, 2.05) is 13.8 Å². The molecule has 0 rings (SSSR count). The summed E-state index contributed by atoms with van der Waals surface area (Å²) in [5.74, 6) is 1.35. The molecule has 2 heteroatoms. The lowest BCUT2D eigenvalue weighted by atomic mass is 9.89. The Kier molecular flexibility index (Phi) is 9.72. The van der Waals surface area contributed by atoms with E-state index in [9.17, 15) is 4.79 Å².